The molecule has 0 aromatic heterocycles. The maximum Gasteiger partial charge on any atom is 0.305 e. The Bertz CT molecular complexity index is 472. The zero-order valence-corrected chi connectivity index (χ0v) is 11.2. The lowest BCUT2D eigenvalue weighted by molar-refractivity contribution is -0.139. The van der Waals surface area contributed by atoms with Crippen LogP contribution in [0, 0.1) is 0 Å². The number of rotatable bonds is 7. The van der Waals surface area contributed by atoms with Gasteiger partial charge in [0.2, 0.25) is 5.91 Å². The number of hydrogen-bond donors (Lipinski definition) is 4. The Hall–Kier alpha value is -1.92. The molecule has 6 nitrogen and oxygen atoms in total. The molecule has 0 bridgehead atoms. The van der Waals surface area contributed by atoms with Gasteiger partial charge in [-0.1, -0.05) is 30.3 Å². The minimum Gasteiger partial charge on any atom is -0.481 e. The van der Waals surface area contributed by atoms with Crippen LogP contribution >= 0.6 is 0 Å². The molecule has 0 atom stereocenters. The van der Waals surface area contributed by atoms with Gasteiger partial charge in [0.15, 0.2) is 0 Å². The van der Waals surface area contributed by atoms with E-state index in [1.54, 1.807) is 0 Å². The summed E-state index contributed by atoms with van der Waals surface area (Å²) in [7, 11) is 0. The molecule has 1 aliphatic rings. The third-order valence-electron chi connectivity index (χ3n) is 3.37. The van der Waals surface area contributed by atoms with E-state index in [1.807, 2.05) is 30.3 Å². The summed E-state index contributed by atoms with van der Waals surface area (Å²) in [6.07, 6.45) is 0.0198. The van der Waals surface area contributed by atoms with Crippen molar-refractivity contribution in [3.63, 3.8) is 0 Å². The van der Waals surface area contributed by atoms with E-state index in [0.29, 0.717) is 19.6 Å². The smallest absolute Gasteiger partial charge is 0.305 e. The summed E-state index contributed by atoms with van der Waals surface area (Å²) < 4.78 is 0. The zero-order chi connectivity index (χ0) is 14.4. The van der Waals surface area contributed by atoms with Crippen molar-refractivity contribution in [1.29, 1.82) is 0 Å². The first-order valence-electron chi connectivity index (χ1n) is 6.58. The molecule has 20 heavy (non-hydrogen) atoms. The van der Waals surface area contributed by atoms with E-state index in [4.69, 9.17) is 5.11 Å². The normalized spacial score (nSPS) is 16.2. The maximum absolute atomic E-state index is 11.7. The van der Waals surface area contributed by atoms with E-state index in [2.05, 4.69) is 16.0 Å². The summed E-state index contributed by atoms with van der Waals surface area (Å²) in [6, 6.07) is 9.64. The van der Waals surface area contributed by atoms with E-state index in [0.717, 1.165) is 5.56 Å². The van der Waals surface area contributed by atoms with Crippen molar-refractivity contribution < 1.29 is 14.7 Å². The van der Waals surface area contributed by atoms with E-state index in [1.165, 1.54) is 0 Å². The third-order valence-corrected chi connectivity index (χ3v) is 3.37. The number of aliphatic carboxylic acids is 1. The molecule has 1 fully saturated rings. The lowest BCUT2D eigenvalue weighted by Gasteiger charge is -2.42. The molecule has 1 saturated heterocycles. The topological polar surface area (TPSA) is 90.5 Å². The van der Waals surface area contributed by atoms with Gasteiger partial charge >= 0.3 is 5.97 Å². The van der Waals surface area contributed by atoms with Crippen molar-refractivity contribution in [2.75, 3.05) is 19.6 Å². The van der Waals surface area contributed by atoms with Crippen LogP contribution in [-0.2, 0) is 16.1 Å². The summed E-state index contributed by atoms with van der Waals surface area (Å²) >= 11 is 0. The molecule has 1 aliphatic heterocycles. The van der Waals surface area contributed by atoms with Crippen LogP contribution in [0.25, 0.3) is 0 Å². The van der Waals surface area contributed by atoms with Crippen molar-refractivity contribution in [2.45, 2.75) is 18.5 Å². The van der Waals surface area contributed by atoms with Gasteiger partial charge in [0.25, 0.3) is 0 Å². The van der Waals surface area contributed by atoms with Gasteiger partial charge in [-0.15, -0.1) is 0 Å². The predicted octanol–water partition coefficient (Wildman–Crippen LogP) is -0.291. The van der Waals surface area contributed by atoms with Gasteiger partial charge in [-0.2, -0.15) is 0 Å². The highest BCUT2D eigenvalue weighted by atomic mass is 16.4. The Kier molecular flexibility index (Phi) is 4.70. The molecule has 6 heteroatoms. The van der Waals surface area contributed by atoms with Gasteiger partial charge < -0.3 is 15.7 Å². The molecule has 1 aromatic rings. The number of nitrogens with one attached hydrogen (secondary N) is 3. The summed E-state index contributed by atoms with van der Waals surface area (Å²) in [5.41, 5.74) is 0.544. The fraction of sp³-hybridized carbons (Fsp3) is 0.429. The van der Waals surface area contributed by atoms with Gasteiger partial charge in [0, 0.05) is 19.6 Å². The quantitative estimate of drug-likeness (QED) is 0.550. The SMILES string of the molecule is O=C(O)CC1(NCC(=O)NCc2ccccc2)CNC1. The molecule has 2 rings (SSSR count). The Morgan fingerprint density at radius 3 is 2.50 bits per heavy atom. The average molecular weight is 277 g/mol. The molecule has 1 aromatic carbocycles. The predicted molar refractivity (Wildman–Crippen MR) is 74.1 cm³/mol. The molecule has 0 unspecified atom stereocenters. The van der Waals surface area contributed by atoms with Crippen LogP contribution in [0.2, 0.25) is 0 Å². The molecule has 0 spiro atoms. The number of benzene rings is 1. The van der Waals surface area contributed by atoms with E-state index in [-0.39, 0.29) is 18.9 Å². The highest BCUT2D eigenvalue weighted by molar-refractivity contribution is 5.78. The first kappa shape index (κ1) is 14.5. The molecule has 0 radical (unpaired) electrons. The molecule has 108 valence electrons. The number of carboxylic acid groups (broad SMARTS) is 1. The van der Waals surface area contributed by atoms with Crippen LogP contribution < -0.4 is 16.0 Å². The second-order valence-electron chi connectivity index (χ2n) is 5.07. The zero-order valence-electron chi connectivity index (χ0n) is 11.2. The average Bonchev–Trinajstić information content (AvgIpc) is 2.40. The molecule has 1 amide bonds. The van der Waals surface area contributed by atoms with Crippen LogP contribution in [0.15, 0.2) is 30.3 Å². The second kappa shape index (κ2) is 6.49. The van der Waals surface area contributed by atoms with Gasteiger partial charge in [-0.25, -0.2) is 0 Å². The Morgan fingerprint density at radius 2 is 1.95 bits per heavy atom. The highest BCUT2D eigenvalue weighted by Crippen LogP contribution is 2.15. The fourth-order valence-electron chi connectivity index (χ4n) is 2.16. The van der Waals surface area contributed by atoms with Crippen molar-refractivity contribution in [3.05, 3.63) is 35.9 Å². The Balaban J connectivity index is 1.73. The van der Waals surface area contributed by atoms with E-state index >= 15 is 0 Å². The number of hydrogen-bond acceptors (Lipinski definition) is 4. The maximum atomic E-state index is 11.7. The summed E-state index contributed by atoms with van der Waals surface area (Å²) in [5.74, 6) is -0.991. The van der Waals surface area contributed by atoms with Crippen LogP contribution in [0.4, 0.5) is 0 Å². The molecular formula is C14H19N3O3. The Labute approximate surface area is 117 Å². The van der Waals surface area contributed by atoms with Gasteiger partial charge in [-0.3, -0.25) is 14.9 Å². The lowest BCUT2D eigenvalue weighted by Crippen LogP contribution is -2.69. The van der Waals surface area contributed by atoms with Crippen molar-refractivity contribution >= 4 is 11.9 Å². The van der Waals surface area contributed by atoms with Gasteiger partial charge in [0.05, 0.1) is 18.5 Å². The Morgan fingerprint density at radius 1 is 1.25 bits per heavy atom. The molecular weight excluding hydrogens is 258 g/mol. The minimum atomic E-state index is -0.858. The molecule has 4 N–H and O–H groups in total. The summed E-state index contributed by atoms with van der Waals surface area (Å²) in [4.78, 5) is 22.5. The second-order valence-corrected chi connectivity index (χ2v) is 5.07. The van der Waals surface area contributed by atoms with Crippen LogP contribution in [0.1, 0.15) is 12.0 Å². The monoisotopic (exact) mass is 277 g/mol. The molecule has 1 heterocycles. The van der Waals surface area contributed by atoms with Gasteiger partial charge in [0.1, 0.15) is 0 Å². The standard InChI is InChI=1S/C14H19N3O3/c18-12(16-7-11-4-2-1-3-5-11)8-17-14(6-13(19)20)9-15-10-14/h1-5,15,17H,6-10H2,(H,16,18)(H,19,20). The highest BCUT2D eigenvalue weighted by Gasteiger charge is 2.38. The molecule has 0 saturated carbocycles. The molecule has 0 aliphatic carbocycles. The van der Waals surface area contributed by atoms with Crippen molar-refractivity contribution in [3.8, 4) is 0 Å². The summed E-state index contributed by atoms with van der Waals surface area (Å²) in [6.45, 7) is 1.75. The van der Waals surface area contributed by atoms with Crippen LogP contribution in [-0.4, -0.2) is 42.2 Å². The van der Waals surface area contributed by atoms with Crippen LogP contribution in [0.3, 0.4) is 0 Å². The largest absolute Gasteiger partial charge is 0.481 e. The number of carbonyl (C=O) groups is 2. The lowest BCUT2D eigenvalue weighted by atomic mass is 9.88. The van der Waals surface area contributed by atoms with Gasteiger partial charge in [-0.05, 0) is 5.56 Å². The van der Waals surface area contributed by atoms with Crippen LogP contribution in [0.5, 0.6) is 0 Å². The first-order valence-corrected chi connectivity index (χ1v) is 6.58. The number of carboxylic acids is 1. The number of carbonyl (C=O) groups excluding carboxylic acids is 1. The van der Waals surface area contributed by atoms with E-state index in [9.17, 15) is 9.59 Å². The van der Waals surface area contributed by atoms with Crippen molar-refractivity contribution in [1.82, 2.24) is 16.0 Å². The third kappa shape index (κ3) is 4.04. The summed E-state index contributed by atoms with van der Waals surface area (Å²) in [5, 5.41) is 17.7. The first-order chi connectivity index (χ1) is 9.60. The number of amides is 1. The minimum absolute atomic E-state index is 0.0198. The van der Waals surface area contributed by atoms with Crippen molar-refractivity contribution in [2.24, 2.45) is 0 Å². The fourth-order valence-corrected chi connectivity index (χ4v) is 2.16. The van der Waals surface area contributed by atoms with E-state index < -0.39 is 11.5 Å².